The SMILES string of the molecule is CO[P+]([O-])([S-])Oc1ccc([N+](=O)[O-])c(C)c1.[Na+]. The molecule has 0 aliphatic carbocycles. The maximum atomic E-state index is 11.3. The fourth-order valence-corrected chi connectivity index (χ4v) is 1.76. The van der Waals surface area contributed by atoms with Crippen molar-refractivity contribution in [1.82, 2.24) is 0 Å². The quantitative estimate of drug-likeness (QED) is 0.220. The van der Waals surface area contributed by atoms with Gasteiger partial charge in [0.05, 0.1) is 12.0 Å². The van der Waals surface area contributed by atoms with Gasteiger partial charge in [0.25, 0.3) is 5.69 Å². The van der Waals surface area contributed by atoms with Crippen molar-refractivity contribution in [3.8, 4) is 5.75 Å². The van der Waals surface area contributed by atoms with Gasteiger partial charge in [0.15, 0.2) is 12.9 Å². The molecular formula is C8H9NNaO5PS. The van der Waals surface area contributed by atoms with Gasteiger partial charge in [-0.25, -0.2) is 4.52 Å². The summed E-state index contributed by atoms with van der Waals surface area (Å²) < 4.78 is 9.37. The molecule has 1 atom stereocenters. The molecule has 0 bridgehead atoms. The van der Waals surface area contributed by atoms with Crippen LogP contribution in [-0.4, -0.2) is 12.0 Å². The Labute approximate surface area is 126 Å². The molecule has 6 nitrogen and oxygen atoms in total. The van der Waals surface area contributed by atoms with Crippen molar-refractivity contribution in [2.24, 2.45) is 0 Å². The second-order valence-electron chi connectivity index (χ2n) is 2.93. The molecule has 0 N–H and O–H groups in total. The smallest absolute Gasteiger partial charge is 0.641 e. The average Bonchev–Trinajstić information content (AvgIpc) is 2.16. The predicted molar refractivity (Wildman–Crippen MR) is 59.8 cm³/mol. The van der Waals surface area contributed by atoms with Gasteiger partial charge in [-0.05, 0) is 19.1 Å². The third-order valence-corrected chi connectivity index (χ3v) is 3.36. The zero-order valence-corrected chi connectivity index (χ0v) is 13.3. The maximum absolute atomic E-state index is 11.3. The first kappa shape index (κ1) is 17.1. The first-order valence-electron chi connectivity index (χ1n) is 4.17. The average molecular weight is 285 g/mol. The first-order valence-corrected chi connectivity index (χ1v) is 6.73. The summed E-state index contributed by atoms with van der Waals surface area (Å²) in [4.78, 5) is 21.3. The summed E-state index contributed by atoms with van der Waals surface area (Å²) in [7, 11) is -2.37. The van der Waals surface area contributed by atoms with Crippen LogP contribution in [0.3, 0.4) is 0 Å². The molecule has 17 heavy (non-hydrogen) atoms. The summed E-state index contributed by atoms with van der Waals surface area (Å²) in [6.45, 7) is 1.55. The Balaban J connectivity index is 0.00000256. The van der Waals surface area contributed by atoms with Gasteiger partial charge < -0.3 is 21.7 Å². The molecule has 9 heteroatoms. The Morgan fingerprint density at radius 1 is 1.47 bits per heavy atom. The number of nitro benzene ring substituents is 1. The van der Waals surface area contributed by atoms with E-state index < -0.39 is 12.1 Å². The zero-order valence-electron chi connectivity index (χ0n) is 9.58. The minimum absolute atomic E-state index is 0. The molecule has 0 aliphatic rings. The largest absolute Gasteiger partial charge is 1.00 e. The standard InChI is InChI=1S/C8H10NO5PS.Na/c1-6-5-7(14-15(12,16)13-2)3-4-8(6)9(10)11;/h3-5H,1-2H3,(H,12,16);/q;+1/p-1. The summed E-state index contributed by atoms with van der Waals surface area (Å²) in [5.74, 6) is 0.184. The molecule has 0 aliphatic heterocycles. The van der Waals surface area contributed by atoms with E-state index in [1.807, 2.05) is 0 Å². The van der Waals surface area contributed by atoms with Gasteiger partial charge in [-0.1, -0.05) is 0 Å². The molecule has 1 rings (SSSR count). The van der Waals surface area contributed by atoms with Crippen LogP contribution in [0.1, 0.15) is 5.56 Å². The molecule has 0 aromatic heterocycles. The molecule has 0 spiro atoms. The topological polar surface area (TPSA) is 84.7 Å². The van der Waals surface area contributed by atoms with Gasteiger partial charge in [-0.2, -0.15) is 0 Å². The second-order valence-corrected chi connectivity index (χ2v) is 5.71. The Kier molecular flexibility index (Phi) is 6.94. The van der Waals surface area contributed by atoms with Gasteiger partial charge in [-0.3, -0.25) is 10.1 Å². The van der Waals surface area contributed by atoms with Crippen LogP contribution in [0.25, 0.3) is 0 Å². The molecule has 88 valence electrons. The number of hydrogen-bond acceptors (Lipinski definition) is 6. The predicted octanol–water partition coefficient (Wildman–Crippen LogP) is -1.48. The molecule has 1 aromatic rings. The molecular weight excluding hydrogens is 276 g/mol. The number of rotatable bonds is 4. The third kappa shape index (κ3) is 5.09. The van der Waals surface area contributed by atoms with Crippen molar-refractivity contribution in [2.75, 3.05) is 7.11 Å². The van der Waals surface area contributed by atoms with Crippen LogP contribution in [0.4, 0.5) is 5.69 Å². The van der Waals surface area contributed by atoms with Crippen molar-refractivity contribution in [1.29, 1.82) is 0 Å². The molecule has 1 unspecified atom stereocenters. The second kappa shape index (κ2) is 6.89. The monoisotopic (exact) mass is 285 g/mol. The van der Waals surface area contributed by atoms with Crippen LogP contribution in [-0.2, 0) is 16.8 Å². The van der Waals surface area contributed by atoms with E-state index in [4.69, 9.17) is 4.52 Å². The first-order chi connectivity index (χ1) is 7.35. The van der Waals surface area contributed by atoms with Crippen molar-refractivity contribution in [2.45, 2.75) is 6.92 Å². The number of nitrogens with zero attached hydrogens (tertiary/aromatic N) is 1. The van der Waals surface area contributed by atoms with E-state index in [0.29, 0.717) is 5.56 Å². The number of aryl methyl sites for hydroxylation is 1. The Morgan fingerprint density at radius 2 is 2.06 bits per heavy atom. The summed E-state index contributed by atoms with van der Waals surface area (Å²) in [5.41, 5.74) is 0.359. The van der Waals surface area contributed by atoms with E-state index in [0.717, 1.165) is 0 Å². The van der Waals surface area contributed by atoms with Crippen LogP contribution in [0, 0.1) is 17.0 Å². The molecule has 0 radical (unpaired) electrons. The molecule has 0 heterocycles. The van der Waals surface area contributed by atoms with E-state index in [9.17, 15) is 15.0 Å². The molecule has 0 saturated carbocycles. The van der Waals surface area contributed by atoms with Crippen LogP contribution in [0.5, 0.6) is 5.75 Å². The fourth-order valence-electron chi connectivity index (χ4n) is 1.06. The summed E-state index contributed by atoms with van der Waals surface area (Å²) in [6.07, 6.45) is 0. The van der Waals surface area contributed by atoms with Crippen LogP contribution in [0.15, 0.2) is 18.2 Å². The van der Waals surface area contributed by atoms with E-state index >= 15 is 0 Å². The molecule has 0 saturated heterocycles. The number of nitro groups is 1. The third-order valence-electron chi connectivity index (χ3n) is 1.81. The summed E-state index contributed by atoms with van der Waals surface area (Å²) >= 11 is 4.53. The minimum atomic E-state index is -3.54. The Morgan fingerprint density at radius 3 is 2.47 bits per heavy atom. The Bertz CT molecular complexity index is 417. The fraction of sp³-hybridized carbons (Fsp3) is 0.250. The molecule has 0 amide bonds. The van der Waals surface area contributed by atoms with Crippen LogP contribution >= 0.6 is 7.15 Å². The van der Waals surface area contributed by atoms with Gasteiger partial charge in [0.2, 0.25) is 0 Å². The molecule has 1 aromatic carbocycles. The summed E-state index contributed by atoms with van der Waals surface area (Å²) in [6, 6.07) is 3.97. The minimum Gasteiger partial charge on any atom is -0.641 e. The number of benzene rings is 1. The van der Waals surface area contributed by atoms with Crippen molar-refractivity contribution in [3.05, 3.63) is 33.9 Å². The maximum Gasteiger partial charge on any atom is 1.00 e. The van der Waals surface area contributed by atoms with Crippen LogP contribution < -0.4 is 39.0 Å². The van der Waals surface area contributed by atoms with Gasteiger partial charge in [0.1, 0.15) is 0 Å². The Hall–Kier alpha value is 0.120. The van der Waals surface area contributed by atoms with Gasteiger partial charge >= 0.3 is 29.6 Å². The normalized spacial score (nSPS) is 13.4. The summed E-state index contributed by atoms with van der Waals surface area (Å²) in [5, 5.41) is 10.5. The van der Waals surface area contributed by atoms with Crippen molar-refractivity contribution < 1.29 is 48.4 Å². The van der Waals surface area contributed by atoms with Crippen LogP contribution in [0.2, 0.25) is 0 Å². The van der Waals surface area contributed by atoms with Gasteiger partial charge in [-0.15, -0.1) is 0 Å². The van der Waals surface area contributed by atoms with Crippen molar-refractivity contribution >= 4 is 25.1 Å². The van der Waals surface area contributed by atoms with E-state index in [2.05, 4.69) is 16.8 Å². The van der Waals surface area contributed by atoms with Crippen molar-refractivity contribution in [3.63, 3.8) is 0 Å². The zero-order chi connectivity index (χ0) is 12.3. The van der Waals surface area contributed by atoms with Gasteiger partial charge in [0, 0.05) is 11.6 Å². The molecule has 0 fully saturated rings. The van der Waals surface area contributed by atoms with E-state index in [1.54, 1.807) is 6.92 Å². The van der Waals surface area contributed by atoms with E-state index in [-0.39, 0.29) is 41.0 Å². The van der Waals surface area contributed by atoms with E-state index in [1.165, 1.54) is 25.3 Å². The number of hydrogen-bond donors (Lipinski definition) is 0.